The number of hydrogen-bond acceptors (Lipinski definition) is 8. The third-order valence-electron chi connectivity index (χ3n) is 11.3. The molecule has 2 fully saturated rings. The summed E-state index contributed by atoms with van der Waals surface area (Å²) in [5.41, 5.74) is 3.40. The fourth-order valence-electron chi connectivity index (χ4n) is 7.88. The Morgan fingerprint density at radius 1 is 0.772 bits per heavy atom. The van der Waals surface area contributed by atoms with E-state index in [0.29, 0.717) is 37.4 Å². The Morgan fingerprint density at radius 2 is 1.37 bits per heavy atom. The summed E-state index contributed by atoms with van der Waals surface area (Å²) in [6, 6.07) is 18.4. The number of hydrogen-bond donors (Lipinski definition) is 4. The highest BCUT2D eigenvalue weighted by atomic mass is 16.5. The highest BCUT2D eigenvalue weighted by Crippen LogP contribution is 2.35. The maximum atomic E-state index is 13.8. The number of rotatable bonds is 11. The van der Waals surface area contributed by atoms with E-state index in [-0.39, 0.29) is 35.6 Å². The standard InChI is InChI=1S/C43H53N7O7/c1-25(2)35(47-41(54)56-6)38(51)49-20-8-10-34(49)37-44-24-33(46-37)28-13-11-27(12-14-28)29-15-16-31-23-32(18-17-30(31)22-29)45-40(53)43(5)19-9-21-50(43)39(52)36(26(3)4)48-42(55)57-7/h11-18,22-26,34-36H,8-10,19-21H2,1-7H3,(H,44,46)(H,45,53)(H,47,54)(H,48,55)/t34-,35?,36-,43-/m0/s1. The molecule has 5 amide bonds. The second-order valence-electron chi connectivity index (χ2n) is 15.8. The molecule has 4 aromatic rings. The first kappa shape index (κ1) is 40.7. The lowest BCUT2D eigenvalue weighted by Gasteiger charge is -2.37. The van der Waals surface area contributed by atoms with Crippen molar-refractivity contribution in [2.45, 2.75) is 84.0 Å². The second-order valence-corrected chi connectivity index (χ2v) is 15.8. The SMILES string of the molecule is COC(=O)NC(C(=O)N1CCC[C@H]1c1ncc(-c2ccc(-c3ccc4cc(NC(=O)[C@]5(C)CCCN5C(=O)[C@@H](NC(=O)OC)C(C)C)ccc4c3)cc2)[nH]1)C(C)C. The summed E-state index contributed by atoms with van der Waals surface area (Å²) in [5, 5.41) is 10.3. The molecular formula is C43H53N7O7. The van der Waals surface area contributed by atoms with Crippen LogP contribution in [0.25, 0.3) is 33.2 Å². The van der Waals surface area contributed by atoms with Gasteiger partial charge in [0.2, 0.25) is 17.7 Å². The number of alkyl carbamates (subject to hydrolysis) is 2. The van der Waals surface area contributed by atoms with E-state index in [1.807, 2.05) is 70.2 Å². The predicted octanol–water partition coefficient (Wildman–Crippen LogP) is 6.64. The van der Waals surface area contributed by atoms with Crippen molar-refractivity contribution in [1.82, 2.24) is 30.4 Å². The minimum absolute atomic E-state index is 0.114. The van der Waals surface area contributed by atoms with Crippen LogP contribution < -0.4 is 16.0 Å². The Hall–Kier alpha value is -5.92. The molecule has 1 aromatic heterocycles. The molecule has 0 saturated carbocycles. The Labute approximate surface area is 333 Å². The van der Waals surface area contributed by atoms with Gasteiger partial charge in [-0.1, -0.05) is 70.2 Å². The number of anilines is 1. The molecule has 2 aliphatic rings. The lowest BCUT2D eigenvalue weighted by molar-refractivity contribution is -0.144. The summed E-state index contributed by atoms with van der Waals surface area (Å²) in [6.45, 7) is 10.2. The van der Waals surface area contributed by atoms with E-state index in [9.17, 15) is 24.0 Å². The molecule has 0 bridgehead atoms. The molecule has 0 spiro atoms. The van der Waals surface area contributed by atoms with Crippen molar-refractivity contribution in [3.8, 4) is 22.4 Å². The average Bonchev–Trinajstić information content (AvgIpc) is 3.99. The summed E-state index contributed by atoms with van der Waals surface area (Å²) in [6.07, 6.45) is 3.24. The van der Waals surface area contributed by atoms with Gasteiger partial charge in [0.05, 0.1) is 32.2 Å². The largest absolute Gasteiger partial charge is 0.453 e. The van der Waals surface area contributed by atoms with Gasteiger partial charge in [0.1, 0.15) is 23.4 Å². The third kappa shape index (κ3) is 8.59. The molecule has 302 valence electrons. The van der Waals surface area contributed by atoms with E-state index in [1.54, 1.807) is 22.9 Å². The minimum atomic E-state index is -1.08. The topological polar surface area (TPSA) is 175 Å². The Balaban J connectivity index is 1.12. The number of imidazole rings is 1. The van der Waals surface area contributed by atoms with Crippen LogP contribution in [0.4, 0.5) is 15.3 Å². The Bertz CT molecular complexity index is 2130. The van der Waals surface area contributed by atoms with E-state index < -0.39 is 29.8 Å². The lowest BCUT2D eigenvalue weighted by atomic mass is 9.94. The summed E-state index contributed by atoms with van der Waals surface area (Å²) < 4.78 is 9.48. The molecule has 3 aromatic carbocycles. The third-order valence-corrected chi connectivity index (χ3v) is 11.3. The molecule has 4 N–H and O–H groups in total. The molecule has 0 radical (unpaired) electrons. The van der Waals surface area contributed by atoms with Crippen molar-refractivity contribution >= 4 is 46.4 Å². The summed E-state index contributed by atoms with van der Waals surface area (Å²) in [5.74, 6) is -0.346. The lowest BCUT2D eigenvalue weighted by Crippen LogP contribution is -2.59. The van der Waals surface area contributed by atoms with Gasteiger partial charge in [-0.3, -0.25) is 14.4 Å². The highest BCUT2D eigenvalue weighted by Gasteiger charge is 2.48. The molecule has 14 heteroatoms. The van der Waals surface area contributed by atoms with Gasteiger partial charge < -0.3 is 40.2 Å². The van der Waals surface area contributed by atoms with Crippen molar-refractivity contribution in [2.75, 3.05) is 32.6 Å². The summed E-state index contributed by atoms with van der Waals surface area (Å²) >= 11 is 0. The van der Waals surface area contributed by atoms with Crippen LogP contribution in [0.3, 0.4) is 0 Å². The molecule has 2 saturated heterocycles. The number of benzene rings is 3. The van der Waals surface area contributed by atoms with Crippen LogP contribution in [0.2, 0.25) is 0 Å². The number of aromatic amines is 1. The van der Waals surface area contributed by atoms with Crippen molar-refractivity contribution in [1.29, 1.82) is 0 Å². The normalized spacial score (nSPS) is 19.1. The fourth-order valence-corrected chi connectivity index (χ4v) is 7.88. The van der Waals surface area contributed by atoms with Crippen LogP contribution in [-0.2, 0) is 23.9 Å². The van der Waals surface area contributed by atoms with Crippen LogP contribution in [0, 0.1) is 11.8 Å². The van der Waals surface area contributed by atoms with Crippen LogP contribution in [-0.4, -0.2) is 94.6 Å². The number of nitrogens with one attached hydrogen (secondary N) is 4. The van der Waals surface area contributed by atoms with Crippen molar-refractivity contribution in [3.05, 3.63) is 72.7 Å². The van der Waals surface area contributed by atoms with Gasteiger partial charge in [-0.15, -0.1) is 0 Å². The van der Waals surface area contributed by atoms with Crippen molar-refractivity contribution < 1.29 is 33.4 Å². The van der Waals surface area contributed by atoms with E-state index >= 15 is 0 Å². The molecule has 4 atom stereocenters. The number of methoxy groups -OCH3 is 2. The molecule has 2 aliphatic heterocycles. The average molecular weight is 780 g/mol. The summed E-state index contributed by atoms with van der Waals surface area (Å²) in [4.78, 5) is 76.3. The van der Waals surface area contributed by atoms with Crippen molar-refractivity contribution in [3.63, 3.8) is 0 Å². The van der Waals surface area contributed by atoms with Crippen LogP contribution in [0.15, 0.2) is 66.9 Å². The number of ether oxygens (including phenoxy) is 2. The zero-order valence-electron chi connectivity index (χ0n) is 33.7. The highest BCUT2D eigenvalue weighted by molar-refractivity contribution is 6.03. The molecule has 57 heavy (non-hydrogen) atoms. The molecular weight excluding hydrogens is 727 g/mol. The van der Waals surface area contributed by atoms with Crippen LogP contribution in [0.5, 0.6) is 0 Å². The summed E-state index contributed by atoms with van der Waals surface area (Å²) in [7, 11) is 2.53. The maximum absolute atomic E-state index is 13.8. The number of fused-ring (bicyclic) bond motifs is 1. The first-order valence-corrected chi connectivity index (χ1v) is 19.6. The Kier molecular flexibility index (Phi) is 12.2. The number of carbonyl (C=O) groups is 5. The van der Waals surface area contributed by atoms with Gasteiger partial charge in [0.25, 0.3) is 0 Å². The number of nitrogens with zero attached hydrogens (tertiary/aromatic N) is 3. The monoisotopic (exact) mass is 779 g/mol. The Morgan fingerprint density at radius 3 is 2.02 bits per heavy atom. The fraction of sp³-hybridized carbons (Fsp3) is 0.442. The van der Waals surface area contributed by atoms with E-state index in [1.165, 1.54) is 14.2 Å². The van der Waals surface area contributed by atoms with Crippen LogP contribution >= 0.6 is 0 Å². The van der Waals surface area contributed by atoms with E-state index in [4.69, 9.17) is 9.47 Å². The van der Waals surface area contributed by atoms with E-state index in [0.717, 1.165) is 46.0 Å². The predicted molar refractivity (Wildman–Crippen MR) is 217 cm³/mol. The quantitative estimate of drug-likeness (QED) is 0.131. The number of aromatic nitrogens is 2. The number of carbonyl (C=O) groups excluding carboxylic acids is 5. The van der Waals surface area contributed by atoms with Gasteiger partial charge in [0, 0.05) is 18.8 Å². The second kappa shape index (κ2) is 17.1. The minimum Gasteiger partial charge on any atom is -0.453 e. The molecule has 1 unspecified atom stereocenters. The number of H-pyrrole nitrogens is 1. The van der Waals surface area contributed by atoms with Crippen LogP contribution in [0.1, 0.15) is 72.2 Å². The maximum Gasteiger partial charge on any atom is 0.407 e. The molecule has 0 aliphatic carbocycles. The van der Waals surface area contributed by atoms with Gasteiger partial charge in [-0.05, 0) is 90.1 Å². The van der Waals surface area contributed by atoms with Gasteiger partial charge in [-0.25, -0.2) is 14.6 Å². The zero-order chi connectivity index (χ0) is 41.0. The number of amides is 5. The first-order valence-electron chi connectivity index (χ1n) is 19.6. The van der Waals surface area contributed by atoms with E-state index in [2.05, 4.69) is 44.1 Å². The smallest absolute Gasteiger partial charge is 0.407 e. The van der Waals surface area contributed by atoms with Gasteiger partial charge in [0.15, 0.2) is 0 Å². The zero-order valence-corrected chi connectivity index (χ0v) is 33.7. The first-order chi connectivity index (χ1) is 27.2. The van der Waals surface area contributed by atoms with Gasteiger partial charge >= 0.3 is 12.2 Å². The molecule has 14 nitrogen and oxygen atoms in total. The molecule has 3 heterocycles. The van der Waals surface area contributed by atoms with Crippen molar-refractivity contribution in [2.24, 2.45) is 11.8 Å². The van der Waals surface area contributed by atoms with Gasteiger partial charge in [-0.2, -0.15) is 0 Å². The molecule has 6 rings (SSSR count). The number of likely N-dealkylation sites (tertiary alicyclic amines) is 2.